The Hall–Kier alpha value is -3.33. The topological polar surface area (TPSA) is 115 Å². The van der Waals surface area contributed by atoms with Crippen LogP contribution >= 0.6 is 0 Å². The number of pyridine rings is 1. The highest BCUT2D eigenvalue weighted by atomic mass is 19.1. The highest BCUT2D eigenvalue weighted by molar-refractivity contribution is 5.96. The molecule has 7 nitrogen and oxygen atoms in total. The summed E-state index contributed by atoms with van der Waals surface area (Å²) in [5.74, 6) is 0.568. The van der Waals surface area contributed by atoms with Crippen molar-refractivity contribution in [2.75, 3.05) is 13.7 Å². The molecule has 4 N–H and O–H groups in total. The lowest BCUT2D eigenvalue weighted by Crippen LogP contribution is -2.25. The van der Waals surface area contributed by atoms with Crippen molar-refractivity contribution < 1.29 is 28.9 Å². The van der Waals surface area contributed by atoms with Gasteiger partial charge in [0.05, 0.1) is 37.3 Å². The molecule has 8 heteroatoms. The number of methoxy groups -OCH3 is 1. The Kier molecular flexibility index (Phi) is 7.68. The van der Waals surface area contributed by atoms with Gasteiger partial charge in [0.2, 0.25) is 0 Å². The van der Waals surface area contributed by atoms with Crippen molar-refractivity contribution in [1.82, 2.24) is 4.98 Å². The van der Waals surface area contributed by atoms with Gasteiger partial charge in [-0.05, 0) is 86.3 Å². The number of Topliss-reactive ketones (excluding diaryl/α,β-unsaturated/α-hetero) is 1. The Bertz CT molecular complexity index is 1230. The predicted octanol–water partition coefficient (Wildman–Crippen LogP) is 4.30. The fraction of sp³-hybridized carbons (Fsp3) is 0.357. The number of hydrogen-bond acceptors (Lipinski definition) is 7. The second kappa shape index (κ2) is 10.7. The third kappa shape index (κ3) is 6.07. The molecule has 1 fully saturated rings. The number of ketones is 1. The van der Waals surface area contributed by atoms with Gasteiger partial charge in [0.25, 0.3) is 0 Å². The Morgan fingerprint density at radius 3 is 2.53 bits per heavy atom. The number of carbonyl (C=O) groups excluding carboxylic acids is 1. The molecule has 1 saturated carbocycles. The molecule has 0 bridgehead atoms. The van der Waals surface area contributed by atoms with Gasteiger partial charge >= 0.3 is 0 Å². The minimum atomic E-state index is -1.46. The molecule has 3 aromatic rings. The lowest BCUT2D eigenvalue weighted by molar-refractivity contribution is 0.0396. The number of aliphatic hydroxyl groups excluding tert-OH is 1. The summed E-state index contributed by atoms with van der Waals surface area (Å²) in [7, 11) is 1.53. The van der Waals surface area contributed by atoms with E-state index in [2.05, 4.69) is 4.98 Å². The van der Waals surface area contributed by atoms with E-state index < -0.39 is 11.6 Å². The van der Waals surface area contributed by atoms with Crippen LogP contribution in [0.2, 0.25) is 0 Å². The molecule has 0 saturated heterocycles. The van der Waals surface area contributed by atoms with Crippen LogP contribution in [-0.4, -0.2) is 40.8 Å². The Balaban J connectivity index is 1.54. The van der Waals surface area contributed by atoms with Gasteiger partial charge in [-0.1, -0.05) is 0 Å². The maximum atomic E-state index is 13.4. The zero-order chi connectivity index (χ0) is 25.9. The summed E-state index contributed by atoms with van der Waals surface area (Å²) in [5, 5.41) is 20.9. The van der Waals surface area contributed by atoms with Gasteiger partial charge in [-0.25, -0.2) is 9.37 Å². The highest BCUT2D eigenvalue weighted by Gasteiger charge is 2.29. The SMILES string of the molecule is COc1cc(C(=O)CCC(C)(O)c2cc(C(N)CO)cc(-c3ccc(F)cc3)n2)ccc1OC1CC1. The Labute approximate surface area is 209 Å². The number of aromatic nitrogens is 1. The molecular weight excluding hydrogens is 463 g/mol. The molecule has 1 aromatic heterocycles. The standard InChI is InChI=1S/C28H31FN2O5/c1-28(34,12-11-24(33)18-5-10-25(26(14-18)35-2)36-21-8-9-21)27-15-19(22(30)16-32)13-23(31-27)17-3-6-20(29)7-4-17/h3-7,10,13-15,21-22,32,34H,8-9,11-12,16,30H2,1-2H3. The van der Waals surface area contributed by atoms with Crippen LogP contribution in [0.1, 0.15) is 60.3 Å². The van der Waals surface area contributed by atoms with Crippen LogP contribution in [0.3, 0.4) is 0 Å². The molecule has 1 aliphatic rings. The Morgan fingerprint density at radius 2 is 1.89 bits per heavy atom. The summed E-state index contributed by atoms with van der Waals surface area (Å²) in [4.78, 5) is 17.5. The summed E-state index contributed by atoms with van der Waals surface area (Å²) < 4.78 is 24.6. The first-order chi connectivity index (χ1) is 17.2. The van der Waals surface area contributed by atoms with Crippen molar-refractivity contribution in [2.24, 2.45) is 5.73 Å². The third-order valence-electron chi connectivity index (χ3n) is 6.31. The summed E-state index contributed by atoms with van der Waals surface area (Å²) in [6.07, 6.45) is 2.39. The maximum Gasteiger partial charge on any atom is 0.163 e. The maximum absolute atomic E-state index is 13.4. The summed E-state index contributed by atoms with van der Waals surface area (Å²) in [5.41, 5.74) is 7.05. The number of aliphatic hydroxyl groups is 2. The molecule has 1 heterocycles. The number of nitrogens with two attached hydrogens (primary N) is 1. The monoisotopic (exact) mass is 494 g/mol. The molecule has 0 aliphatic heterocycles. The van der Waals surface area contributed by atoms with Crippen LogP contribution in [0, 0.1) is 5.82 Å². The molecule has 1 aliphatic carbocycles. The molecule has 0 spiro atoms. The molecule has 0 radical (unpaired) electrons. The lowest BCUT2D eigenvalue weighted by Gasteiger charge is -2.25. The molecule has 190 valence electrons. The van der Waals surface area contributed by atoms with E-state index in [0.717, 1.165) is 12.8 Å². The van der Waals surface area contributed by atoms with Gasteiger partial charge in [-0.3, -0.25) is 4.79 Å². The van der Waals surface area contributed by atoms with Crippen molar-refractivity contribution in [3.63, 3.8) is 0 Å². The first-order valence-corrected chi connectivity index (χ1v) is 12.0. The lowest BCUT2D eigenvalue weighted by atomic mass is 9.90. The number of hydrogen-bond donors (Lipinski definition) is 3. The quantitative estimate of drug-likeness (QED) is 0.341. The largest absolute Gasteiger partial charge is 0.493 e. The zero-order valence-electron chi connectivity index (χ0n) is 20.4. The van der Waals surface area contributed by atoms with Gasteiger partial charge in [-0.15, -0.1) is 0 Å². The molecule has 2 atom stereocenters. The van der Waals surface area contributed by atoms with E-state index in [4.69, 9.17) is 15.2 Å². The number of halogens is 1. The van der Waals surface area contributed by atoms with Gasteiger partial charge in [0.1, 0.15) is 11.4 Å². The number of nitrogens with zero attached hydrogens (tertiary/aromatic N) is 1. The fourth-order valence-corrected chi connectivity index (χ4v) is 3.85. The van der Waals surface area contributed by atoms with Crippen molar-refractivity contribution in [1.29, 1.82) is 0 Å². The van der Waals surface area contributed by atoms with E-state index in [-0.39, 0.29) is 37.2 Å². The van der Waals surface area contributed by atoms with Gasteiger partial charge in [0, 0.05) is 17.5 Å². The first kappa shape index (κ1) is 25.8. The predicted molar refractivity (Wildman–Crippen MR) is 133 cm³/mol. The van der Waals surface area contributed by atoms with Crippen LogP contribution in [-0.2, 0) is 5.60 Å². The zero-order valence-corrected chi connectivity index (χ0v) is 20.4. The van der Waals surface area contributed by atoms with Crippen molar-refractivity contribution >= 4 is 5.78 Å². The number of rotatable bonds is 11. The highest BCUT2D eigenvalue weighted by Crippen LogP contribution is 2.35. The normalized spacial score (nSPS) is 15.7. The molecule has 4 rings (SSSR count). The molecule has 2 unspecified atom stereocenters. The van der Waals surface area contributed by atoms with Crippen LogP contribution in [0.5, 0.6) is 11.5 Å². The van der Waals surface area contributed by atoms with Crippen LogP contribution in [0.4, 0.5) is 4.39 Å². The van der Waals surface area contributed by atoms with Gasteiger partial charge in [-0.2, -0.15) is 0 Å². The van der Waals surface area contributed by atoms with E-state index in [0.29, 0.717) is 39.6 Å². The minimum absolute atomic E-state index is 0.0584. The molecular formula is C28H31FN2O5. The summed E-state index contributed by atoms with van der Waals surface area (Å²) in [6, 6.07) is 13.5. The van der Waals surface area contributed by atoms with Crippen molar-refractivity contribution in [3.8, 4) is 22.8 Å². The second-order valence-electron chi connectivity index (χ2n) is 9.35. The average molecular weight is 495 g/mol. The van der Waals surface area contributed by atoms with E-state index in [9.17, 15) is 19.4 Å². The van der Waals surface area contributed by atoms with Crippen molar-refractivity contribution in [2.45, 2.75) is 50.4 Å². The van der Waals surface area contributed by atoms with Gasteiger partial charge in [0.15, 0.2) is 17.3 Å². The number of ether oxygens (including phenoxy) is 2. The number of carbonyl (C=O) groups is 1. The van der Waals surface area contributed by atoms with Crippen LogP contribution in [0.15, 0.2) is 54.6 Å². The number of benzene rings is 2. The van der Waals surface area contributed by atoms with Crippen LogP contribution < -0.4 is 15.2 Å². The molecule has 36 heavy (non-hydrogen) atoms. The summed E-state index contributed by atoms with van der Waals surface area (Å²) >= 11 is 0. The van der Waals surface area contributed by atoms with Crippen LogP contribution in [0.25, 0.3) is 11.3 Å². The van der Waals surface area contributed by atoms with Gasteiger partial charge < -0.3 is 25.4 Å². The van der Waals surface area contributed by atoms with E-state index in [1.165, 1.54) is 19.2 Å². The Morgan fingerprint density at radius 1 is 1.17 bits per heavy atom. The van der Waals surface area contributed by atoms with E-state index in [1.54, 1.807) is 49.4 Å². The smallest absolute Gasteiger partial charge is 0.163 e. The fourth-order valence-electron chi connectivity index (χ4n) is 3.85. The third-order valence-corrected chi connectivity index (χ3v) is 6.31. The van der Waals surface area contributed by atoms with E-state index >= 15 is 0 Å². The summed E-state index contributed by atoms with van der Waals surface area (Å²) in [6.45, 7) is 1.29. The van der Waals surface area contributed by atoms with Crippen molar-refractivity contribution in [3.05, 3.63) is 77.2 Å². The van der Waals surface area contributed by atoms with E-state index in [1.807, 2.05) is 0 Å². The first-order valence-electron chi connectivity index (χ1n) is 12.0. The minimum Gasteiger partial charge on any atom is -0.493 e. The molecule has 2 aromatic carbocycles. The second-order valence-corrected chi connectivity index (χ2v) is 9.35. The molecule has 0 amide bonds. The average Bonchev–Trinajstić information content (AvgIpc) is 3.71.